The molecule has 2 heterocycles. The molecule has 1 fully saturated rings. The topological polar surface area (TPSA) is 29.9 Å². The van der Waals surface area contributed by atoms with Crippen molar-refractivity contribution in [2.75, 3.05) is 5.32 Å². The largest absolute Gasteiger partial charge is 0.367 e. The van der Waals surface area contributed by atoms with Gasteiger partial charge in [-0.05, 0) is 45.4 Å². The lowest BCUT2D eigenvalue weighted by Crippen LogP contribution is -2.28. The van der Waals surface area contributed by atoms with Gasteiger partial charge in [-0.25, -0.2) is 4.68 Å². The molecule has 3 heteroatoms. The Labute approximate surface area is 90.9 Å². The van der Waals surface area contributed by atoms with Crippen molar-refractivity contribution in [1.29, 1.82) is 0 Å². The molecule has 1 aliphatic carbocycles. The van der Waals surface area contributed by atoms with Crippen LogP contribution in [0.4, 0.5) is 5.82 Å². The highest BCUT2D eigenvalue weighted by Gasteiger charge is 2.34. The maximum absolute atomic E-state index is 4.47. The highest BCUT2D eigenvalue weighted by atomic mass is 15.3. The standard InChI is InChI=1S/C12H19N3/c1-8(2)15-12-10(7-13-15)5-6-11(14-12)9-3-4-9/h7-9,11,14H,3-6H2,1-2H3/t11-/m0/s1. The van der Waals surface area contributed by atoms with E-state index in [-0.39, 0.29) is 0 Å². The van der Waals surface area contributed by atoms with Crippen LogP contribution in [0.15, 0.2) is 6.20 Å². The Balaban J connectivity index is 1.88. The van der Waals surface area contributed by atoms with Crippen LogP contribution in [0.2, 0.25) is 0 Å². The predicted octanol–water partition coefficient (Wildman–Crippen LogP) is 2.60. The summed E-state index contributed by atoms with van der Waals surface area (Å²) >= 11 is 0. The Bertz CT molecular complexity index is 363. The van der Waals surface area contributed by atoms with Gasteiger partial charge in [-0.2, -0.15) is 5.10 Å². The van der Waals surface area contributed by atoms with Gasteiger partial charge in [0, 0.05) is 17.6 Å². The van der Waals surface area contributed by atoms with Crippen molar-refractivity contribution >= 4 is 5.82 Å². The van der Waals surface area contributed by atoms with Gasteiger partial charge in [0.25, 0.3) is 0 Å². The van der Waals surface area contributed by atoms with E-state index < -0.39 is 0 Å². The van der Waals surface area contributed by atoms with Crippen LogP contribution in [0.5, 0.6) is 0 Å². The van der Waals surface area contributed by atoms with Gasteiger partial charge in [0.15, 0.2) is 0 Å². The first-order valence-electron chi connectivity index (χ1n) is 6.08. The summed E-state index contributed by atoms with van der Waals surface area (Å²) < 4.78 is 2.13. The van der Waals surface area contributed by atoms with Crippen molar-refractivity contribution in [2.24, 2.45) is 5.92 Å². The number of nitrogens with one attached hydrogen (secondary N) is 1. The van der Waals surface area contributed by atoms with Crippen molar-refractivity contribution in [1.82, 2.24) is 9.78 Å². The van der Waals surface area contributed by atoms with Gasteiger partial charge < -0.3 is 5.32 Å². The number of anilines is 1. The van der Waals surface area contributed by atoms with Gasteiger partial charge in [0.05, 0.1) is 6.20 Å². The van der Waals surface area contributed by atoms with Crippen LogP contribution in [0.1, 0.15) is 44.7 Å². The SMILES string of the molecule is CC(C)n1ncc2c1N[C@H](C1CC1)CC2. The number of hydrogen-bond donors (Lipinski definition) is 1. The second-order valence-electron chi connectivity index (χ2n) is 5.18. The molecule has 0 amide bonds. The minimum absolute atomic E-state index is 0.458. The minimum atomic E-state index is 0.458. The third-order valence-electron chi connectivity index (χ3n) is 3.60. The highest BCUT2D eigenvalue weighted by molar-refractivity contribution is 5.48. The number of rotatable bonds is 2. The van der Waals surface area contributed by atoms with Crippen LogP contribution in [0.3, 0.4) is 0 Å². The fraction of sp³-hybridized carbons (Fsp3) is 0.750. The molecule has 0 aromatic carbocycles. The molecule has 2 aliphatic rings. The average Bonchev–Trinajstić information content (AvgIpc) is 2.97. The van der Waals surface area contributed by atoms with Crippen molar-refractivity contribution < 1.29 is 0 Å². The van der Waals surface area contributed by atoms with Crippen LogP contribution in [-0.2, 0) is 6.42 Å². The normalized spacial score (nSPS) is 25.1. The zero-order valence-electron chi connectivity index (χ0n) is 9.53. The molecule has 1 aromatic heterocycles. The molecule has 3 nitrogen and oxygen atoms in total. The molecule has 1 aliphatic heterocycles. The van der Waals surface area contributed by atoms with E-state index in [4.69, 9.17) is 0 Å². The summed E-state index contributed by atoms with van der Waals surface area (Å²) in [6.45, 7) is 4.38. The quantitative estimate of drug-likeness (QED) is 0.804. The van der Waals surface area contributed by atoms with Crippen LogP contribution in [0, 0.1) is 5.92 Å². The minimum Gasteiger partial charge on any atom is -0.367 e. The summed E-state index contributed by atoms with van der Waals surface area (Å²) in [6.07, 6.45) is 7.37. The molecular formula is C12H19N3. The molecule has 0 unspecified atom stereocenters. The molecule has 0 saturated heterocycles. The molecular weight excluding hydrogens is 186 g/mol. The fourth-order valence-electron chi connectivity index (χ4n) is 2.54. The summed E-state index contributed by atoms with van der Waals surface area (Å²) in [4.78, 5) is 0. The van der Waals surface area contributed by atoms with Crippen molar-refractivity contribution in [3.63, 3.8) is 0 Å². The summed E-state index contributed by atoms with van der Waals surface area (Å²) in [5, 5.41) is 8.15. The summed E-state index contributed by atoms with van der Waals surface area (Å²) in [6, 6.07) is 1.17. The average molecular weight is 205 g/mol. The molecule has 15 heavy (non-hydrogen) atoms. The first kappa shape index (κ1) is 9.25. The van der Waals surface area contributed by atoms with Gasteiger partial charge in [-0.15, -0.1) is 0 Å². The van der Waals surface area contributed by atoms with Crippen LogP contribution >= 0.6 is 0 Å². The first-order valence-corrected chi connectivity index (χ1v) is 6.08. The van der Waals surface area contributed by atoms with Gasteiger partial charge >= 0.3 is 0 Å². The molecule has 82 valence electrons. The Hall–Kier alpha value is -0.990. The fourth-order valence-corrected chi connectivity index (χ4v) is 2.54. The van der Waals surface area contributed by atoms with Crippen LogP contribution in [0.25, 0.3) is 0 Å². The number of hydrogen-bond acceptors (Lipinski definition) is 2. The highest BCUT2D eigenvalue weighted by Crippen LogP contribution is 2.39. The van der Waals surface area contributed by atoms with E-state index in [2.05, 4.69) is 28.9 Å². The maximum Gasteiger partial charge on any atom is 0.127 e. The first-order chi connectivity index (χ1) is 7.25. The zero-order chi connectivity index (χ0) is 10.4. The zero-order valence-corrected chi connectivity index (χ0v) is 9.53. The number of nitrogens with zero attached hydrogens (tertiary/aromatic N) is 2. The molecule has 1 aromatic rings. The second-order valence-corrected chi connectivity index (χ2v) is 5.18. The molecule has 0 spiro atoms. The van der Waals surface area contributed by atoms with E-state index in [0.29, 0.717) is 12.1 Å². The van der Waals surface area contributed by atoms with Gasteiger partial charge in [0.1, 0.15) is 5.82 Å². The summed E-state index contributed by atoms with van der Waals surface area (Å²) in [5.74, 6) is 2.22. The van der Waals surface area contributed by atoms with E-state index in [1.54, 1.807) is 0 Å². The lowest BCUT2D eigenvalue weighted by Gasteiger charge is -2.26. The number of aromatic nitrogens is 2. The van der Waals surface area contributed by atoms with Gasteiger partial charge in [0.2, 0.25) is 0 Å². The van der Waals surface area contributed by atoms with Crippen LogP contribution < -0.4 is 5.32 Å². The van der Waals surface area contributed by atoms with Gasteiger partial charge in [-0.3, -0.25) is 0 Å². The van der Waals surface area contributed by atoms with Crippen molar-refractivity contribution in [3.05, 3.63) is 11.8 Å². The molecule has 0 bridgehead atoms. The van der Waals surface area contributed by atoms with E-state index >= 15 is 0 Å². The Morgan fingerprint density at radius 3 is 2.87 bits per heavy atom. The molecule has 1 atom stereocenters. The van der Waals surface area contributed by atoms with E-state index in [0.717, 1.165) is 5.92 Å². The summed E-state index contributed by atoms with van der Waals surface area (Å²) in [7, 11) is 0. The molecule has 3 rings (SSSR count). The lowest BCUT2D eigenvalue weighted by atomic mass is 9.99. The third-order valence-corrected chi connectivity index (χ3v) is 3.60. The Morgan fingerprint density at radius 2 is 2.20 bits per heavy atom. The molecule has 1 N–H and O–H groups in total. The van der Waals surface area contributed by atoms with Crippen LogP contribution in [-0.4, -0.2) is 15.8 Å². The van der Waals surface area contributed by atoms with E-state index in [1.807, 2.05) is 6.20 Å². The van der Waals surface area contributed by atoms with E-state index in [9.17, 15) is 0 Å². The maximum atomic E-state index is 4.47. The molecule has 1 saturated carbocycles. The van der Waals surface area contributed by atoms with Crippen molar-refractivity contribution in [3.8, 4) is 0 Å². The second kappa shape index (κ2) is 3.26. The van der Waals surface area contributed by atoms with E-state index in [1.165, 1.54) is 37.1 Å². The monoisotopic (exact) mass is 205 g/mol. The third kappa shape index (κ3) is 1.54. The summed E-state index contributed by atoms with van der Waals surface area (Å²) in [5.41, 5.74) is 1.40. The smallest absolute Gasteiger partial charge is 0.127 e. The molecule has 0 radical (unpaired) electrons. The van der Waals surface area contributed by atoms with Crippen molar-refractivity contribution in [2.45, 2.75) is 51.6 Å². The Morgan fingerprint density at radius 1 is 1.40 bits per heavy atom. The van der Waals surface area contributed by atoms with Gasteiger partial charge in [-0.1, -0.05) is 0 Å². The number of aryl methyl sites for hydroxylation is 1. The predicted molar refractivity (Wildman–Crippen MR) is 61.1 cm³/mol. The lowest BCUT2D eigenvalue weighted by molar-refractivity contribution is 0.512. The Kier molecular flexibility index (Phi) is 2.01. The number of fused-ring (bicyclic) bond motifs is 1.